The Kier molecular flexibility index (Phi) is 4.49. The number of nitrogens with one attached hydrogen (secondary N) is 1. The van der Waals surface area contributed by atoms with Crippen LogP contribution in [0.3, 0.4) is 0 Å². The van der Waals surface area contributed by atoms with Crippen molar-refractivity contribution < 1.29 is 4.79 Å². The number of carbonyl (C=O) groups excluding carboxylic acids is 1. The van der Waals surface area contributed by atoms with Crippen molar-refractivity contribution in [2.45, 2.75) is 26.3 Å². The van der Waals surface area contributed by atoms with E-state index >= 15 is 0 Å². The van der Waals surface area contributed by atoms with E-state index < -0.39 is 0 Å². The summed E-state index contributed by atoms with van der Waals surface area (Å²) in [6, 6.07) is 15.5. The molecule has 0 radical (unpaired) electrons. The van der Waals surface area contributed by atoms with Gasteiger partial charge in [-0.15, -0.1) is 11.3 Å². The molecule has 2 heterocycles. The van der Waals surface area contributed by atoms with Crippen LogP contribution in [0, 0.1) is 0 Å². The molecule has 2 aromatic carbocycles. The summed E-state index contributed by atoms with van der Waals surface area (Å²) in [5, 5.41) is 3.89. The number of hydrogen-bond acceptors (Lipinski definition) is 4. The highest BCUT2D eigenvalue weighted by molar-refractivity contribution is 7.25. The van der Waals surface area contributed by atoms with Crippen molar-refractivity contribution in [2.24, 2.45) is 0 Å². The molecular weight excluding hydrogens is 358 g/mol. The summed E-state index contributed by atoms with van der Waals surface area (Å²) in [6.45, 7) is 4.09. The summed E-state index contributed by atoms with van der Waals surface area (Å²) in [4.78, 5) is 29.8. The maximum atomic E-state index is 12.8. The molecule has 0 saturated heterocycles. The van der Waals surface area contributed by atoms with Crippen molar-refractivity contribution in [1.82, 2.24) is 9.55 Å². The molecule has 0 aliphatic heterocycles. The first kappa shape index (κ1) is 17.4. The SMILES string of the molecule is CC(C)c1ccccc1NC(=O)Cn1cnc2c(sc3ccccc32)c1=O. The molecule has 27 heavy (non-hydrogen) atoms. The van der Waals surface area contributed by atoms with Gasteiger partial charge in [0, 0.05) is 15.8 Å². The van der Waals surface area contributed by atoms with Crippen molar-refractivity contribution >= 4 is 43.2 Å². The molecular formula is C21H19N3O2S. The molecule has 0 spiro atoms. The lowest BCUT2D eigenvalue weighted by Crippen LogP contribution is -2.27. The molecule has 0 aliphatic rings. The second kappa shape index (κ2) is 6.96. The Morgan fingerprint density at radius 2 is 1.89 bits per heavy atom. The Balaban J connectivity index is 1.64. The van der Waals surface area contributed by atoms with Crippen molar-refractivity contribution in [3.8, 4) is 0 Å². The maximum Gasteiger partial charge on any atom is 0.271 e. The minimum atomic E-state index is -0.243. The van der Waals surface area contributed by atoms with Gasteiger partial charge in [0.25, 0.3) is 5.56 Å². The maximum absolute atomic E-state index is 12.8. The second-order valence-corrected chi connectivity index (χ2v) is 7.80. The van der Waals surface area contributed by atoms with Crippen LogP contribution in [-0.4, -0.2) is 15.5 Å². The monoisotopic (exact) mass is 377 g/mol. The number of carbonyl (C=O) groups is 1. The molecule has 5 nitrogen and oxygen atoms in total. The summed E-state index contributed by atoms with van der Waals surface area (Å²) in [6.07, 6.45) is 1.46. The number of aromatic nitrogens is 2. The van der Waals surface area contributed by atoms with Crippen LogP contribution < -0.4 is 10.9 Å². The van der Waals surface area contributed by atoms with Crippen molar-refractivity contribution in [2.75, 3.05) is 5.32 Å². The van der Waals surface area contributed by atoms with E-state index in [0.717, 1.165) is 21.3 Å². The number of para-hydroxylation sites is 1. The van der Waals surface area contributed by atoms with E-state index in [-0.39, 0.29) is 18.0 Å². The molecule has 0 saturated carbocycles. The Bertz CT molecular complexity index is 1210. The van der Waals surface area contributed by atoms with Gasteiger partial charge in [0.2, 0.25) is 5.91 Å². The number of nitrogens with zero attached hydrogens (tertiary/aromatic N) is 2. The first-order chi connectivity index (χ1) is 13.0. The van der Waals surface area contributed by atoms with Gasteiger partial charge in [0.15, 0.2) is 0 Å². The highest BCUT2D eigenvalue weighted by atomic mass is 32.1. The zero-order valence-electron chi connectivity index (χ0n) is 15.1. The third kappa shape index (κ3) is 3.24. The molecule has 1 N–H and O–H groups in total. The Morgan fingerprint density at radius 3 is 2.70 bits per heavy atom. The number of anilines is 1. The Morgan fingerprint density at radius 1 is 1.15 bits per heavy atom. The van der Waals surface area contributed by atoms with E-state index in [9.17, 15) is 9.59 Å². The summed E-state index contributed by atoms with van der Waals surface area (Å²) < 4.78 is 2.96. The second-order valence-electron chi connectivity index (χ2n) is 6.74. The van der Waals surface area contributed by atoms with Gasteiger partial charge in [-0.05, 0) is 23.6 Å². The standard InChI is InChI=1S/C21H19N3O2S/c1-13(2)14-7-3-5-9-16(14)23-18(25)11-24-12-22-19-15-8-4-6-10-17(15)27-20(19)21(24)26/h3-10,12-13H,11H2,1-2H3,(H,23,25). The summed E-state index contributed by atoms with van der Waals surface area (Å²) in [5.74, 6) is 0.0493. The van der Waals surface area contributed by atoms with E-state index in [0.29, 0.717) is 16.1 Å². The first-order valence-electron chi connectivity index (χ1n) is 8.80. The molecule has 0 fully saturated rings. The topological polar surface area (TPSA) is 64.0 Å². The quantitative estimate of drug-likeness (QED) is 0.574. The smallest absolute Gasteiger partial charge is 0.271 e. The lowest BCUT2D eigenvalue weighted by atomic mass is 10.0. The Hall–Kier alpha value is -2.99. The first-order valence-corrected chi connectivity index (χ1v) is 9.61. The van der Waals surface area contributed by atoms with Crippen molar-refractivity contribution in [3.63, 3.8) is 0 Å². The number of benzene rings is 2. The number of hydrogen-bond donors (Lipinski definition) is 1. The third-order valence-corrected chi connectivity index (χ3v) is 5.67. The van der Waals surface area contributed by atoms with Gasteiger partial charge < -0.3 is 5.32 Å². The van der Waals surface area contributed by atoms with Crippen LogP contribution in [0.2, 0.25) is 0 Å². The van der Waals surface area contributed by atoms with Crippen LogP contribution in [0.1, 0.15) is 25.3 Å². The Labute approximate surface area is 160 Å². The lowest BCUT2D eigenvalue weighted by molar-refractivity contribution is -0.116. The average Bonchev–Trinajstić information content (AvgIpc) is 3.04. The van der Waals surface area contributed by atoms with Crippen LogP contribution >= 0.6 is 11.3 Å². The average molecular weight is 377 g/mol. The normalized spacial score (nSPS) is 11.4. The predicted octanol–water partition coefficient (Wildman–Crippen LogP) is 4.37. The molecule has 6 heteroatoms. The van der Waals surface area contributed by atoms with Gasteiger partial charge in [-0.2, -0.15) is 0 Å². The highest BCUT2D eigenvalue weighted by Gasteiger charge is 2.14. The van der Waals surface area contributed by atoms with Crippen molar-refractivity contribution in [3.05, 3.63) is 70.8 Å². The summed E-state index contributed by atoms with van der Waals surface area (Å²) in [5.41, 5.74) is 2.36. The van der Waals surface area contributed by atoms with Gasteiger partial charge in [0.05, 0.1) is 11.8 Å². The van der Waals surface area contributed by atoms with Gasteiger partial charge in [-0.25, -0.2) is 4.98 Å². The van der Waals surface area contributed by atoms with Crippen molar-refractivity contribution in [1.29, 1.82) is 0 Å². The minimum absolute atomic E-state index is 0.0670. The predicted molar refractivity (Wildman–Crippen MR) is 111 cm³/mol. The number of amides is 1. The van der Waals surface area contributed by atoms with Crippen LogP contribution in [0.4, 0.5) is 5.69 Å². The molecule has 1 amide bonds. The van der Waals surface area contributed by atoms with Crippen LogP contribution in [0.15, 0.2) is 59.7 Å². The number of rotatable bonds is 4. The molecule has 0 unspecified atom stereocenters. The van der Waals surface area contributed by atoms with Gasteiger partial charge in [0.1, 0.15) is 11.2 Å². The fourth-order valence-electron chi connectivity index (χ4n) is 3.19. The van der Waals surface area contributed by atoms with E-state index in [4.69, 9.17) is 0 Å². The third-order valence-electron chi connectivity index (χ3n) is 4.52. The molecule has 136 valence electrons. The van der Waals surface area contributed by atoms with Crippen LogP contribution in [0.25, 0.3) is 20.3 Å². The highest BCUT2D eigenvalue weighted by Crippen LogP contribution is 2.29. The zero-order valence-corrected chi connectivity index (χ0v) is 15.9. The summed E-state index contributed by atoms with van der Waals surface area (Å²) in [7, 11) is 0. The van der Waals surface area contributed by atoms with E-state index in [2.05, 4.69) is 24.1 Å². The largest absolute Gasteiger partial charge is 0.324 e. The fraction of sp³-hybridized carbons (Fsp3) is 0.190. The van der Waals surface area contributed by atoms with Crippen LogP contribution in [-0.2, 0) is 11.3 Å². The molecule has 4 rings (SSSR count). The zero-order chi connectivity index (χ0) is 19.0. The van der Waals surface area contributed by atoms with E-state index in [1.54, 1.807) is 0 Å². The number of fused-ring (bicyclic) bond motifs is 3. The van der Waals surface area contributed by atoms with Gasteiger partial charge in [-0.3, -0.25) is 14.2 Å². The lowest BCUT2D eigenvalue weighted by Gasteiger charge is -2.14. The van der Waals surface area contributed by atoms with E-state index in [1.165, 1.54) is 22.2 Å². The van der Waals surface area contributed by atoms with E-state index in [1.807, 2.05) is 48.5 Å². The van der Waals surface area contributed by atoms with Gasteiger partial charge >= 0.3 is 0 Å². The van der Waals surface area contributed by atoms with Crippen LogP contribution in [0.5, 0.6) is 0 Å². The summed E-state index contributed by atoms with van der Waals surface area (Å²) >= 11 is 1.41. The minimum Gasteiger partial charge on any atom is -0.324 e. The molecule has 0 aliphatic carbocycles. The van der Waals surface area contributed by atoms with Gasteiger partial charge in [-0.1, -0.05) is 50.2 Å². The molecule has 2 aromatic heterocycles. The molecule has 0 atom stereocenters. The fourth-order valence-corrected chi connectivity index (χ4v) is 4.29. The number of thiophene rings is 1. The molecule has 4 aromatic rings. The molecule has 0 bridgehead atoms.